The van der Waals surface area contributed by atoms with Gasteiger partial charge in [0.1, 0.15) is 5.76 Å². The SMILES string of the molecule is Cc1occc1Sc1nc(NN)nc(-n2cccn2)n1. The molecule has 0 amide bonds. The first-order valence-corrected chi connectivity index (χ1v) is 6.52. The first-order valence-electron chi connectivity index (χ1n) is 5.71. The highest BCUT2D eigenvalue weighted by molar-refractivity contribution is 7.99. The van der Waals surface area contributed by atoms with Gasteiger partial charge in [-0.2, -0.15) is 20.1 Å². The third kappa shape index (κ3) is 2.49. The van der Waals surface area contributed by atoms with Crippen molar-refractivity contribution in [3.8, 4) is 5.95 Å². The second kappa shape index (κ2) is 5.31. The van der Waals surface area contributed by atoms with E-state index in [1.165, 1.54) is 16.4 Å². The van der Waals surface area contributed by atoms with Gasteiger partial charge in [-0.15, -0.1) is 0 Å². The quantitative estimate of drug-likeness (QED) is 0.548. The Hall–Kier alpha value is -2.39. The van der Waals surface area contributed by atoms with Crippen LogP contribution < -0.4 is 11.3 Å². The van der Waals surface area contributed by atoms with Crippen LogP contribution in [0.15, 0.2) is 45.3 Å². The molecule has 20 heavy (non-hydrogen) atoms. The van der Waals surface area contributed by atoms with Crippen molar-refractivity contribution < 1.29 is 4.42 Å². The van der Waals surface area contributed by atoms with Gasteiger partial charge in [-0.1, -0.05) is 0 Å². The van der Waals surface area contributed by atoms with Crippen LogP contribution in [0.1, 0.15) is 5.76 Å². The molecule has 0 fully saturated rings. The molecule has 0 bridgehead atoms. The van der Waals surface area contributed by atoms with Crippen molar-refractivity contribution in [2.24, 2.45) is 5.84 Å². The predicted molar refractivity (Wildman–Crippen MR) is 72.3 cm³/mol. The Morgan fingerprint density at radius 2 is 2.25 bits per heavy atom. The van der Waals surface area contributed by atoms with E-state index >= 15 is 0 Å². The van der Waals surface area contributed by atoms with E-state index in [9.17, 15) is 0 Å². The summed E-state index contributed by atoms with van der Waals surface area (Å²) in [4.78, 5) is 13.6. The van der Waals surface area contributed by atoms with Crippen molar-refractivity contribution in [1.82, 2.24) is 24.7 Å². The molecule has 0 saturated carbocycles. The number of furan rings is 1. The molecule has 0 aliphatic rings. The van der Waals surface area contributed by atoms with E-state index in [0.29, 0.717) is 11.1 Å². The molecular weight excluding hydrogens is 278 g/mol. The maximum absolute atomic E-state index is 5.38. The summed E-state index contributed by atoms with van der Waals surface area (Å²) in [5, 5.41) is 4.59. The molecule has 3 N–H and O–H groups in total. The van der Waals surface area contributed by atoms with Crippen LogP contribution in [-0.2, 0) is 0 Å². The van der Waals surface area contributed by atoms with Gasteiger partial charge in [0.15, 0.2) is 5.16 Å². The van der Waals surface area contributed by atoms with Crippen molar-refractivity contribution in [3.05, 3.63) is 36.5 Å². The molecule has 102 valence electrons. The maximum Gasteiger partial charge on any atom is 0.256 e. The fourth-order valence-electron chi connectivity index (χ4n) is 1.52. The number of aryl methyl sites for hydroxylation is 1. The van der Waals surface area contributed by atoms with Crippen LogP contribution in [0, 0.1) is 6.92 Å². The summed E-state index contributed by atoms with van der Waals surface area (Å²) in [6.07, 6.45) is 5.01. The summed E-state index contributed by atoms with van der Waals surface area (Å²) < 4.78 is 6.78. The highest BCUT2D eigenvalue weighted by Gasteiger charge is 2.11. The minimum absolute atomic E-state index is 0.272. The number of nitrogens with zero attached hydrogens (tertiary/aromatic N) is 5. The predicted octanol–water partition coefficient (Wildman–Crippen LogP) is 1.40. The average Bonchev–Trinajstić information content (AvgIpc) is 3.11. The van der Waals surface area contributed by atoms with E-state index < -0.39 is 0 Å². The van der Waals surface area contributed by atoms with E-state index in [1.54, 1.807) is 24.7 Å². The third-order valence-electron chi connectivity index (χ3n) is 2.45. The standard InChI is InChI=1S/C11H11N7OS/c1-7-8(3-6-19-7)20-11-15-9(17-12)14-10(16-11)18-5-2-4-13-18/h2-6H,12H2,1H3,(H,14,15,16,17). The summed E-state index contributed by atoms with van der Waals surface area (Å²) in [5.74, 6) is 6.85. The molecule has 0 atom stereocenters. The zero-order valence-electron chi connectivity index (χ0n) is 10.5. The fourth-order valence-corrected chi connectivity index (χ4v) is 2.29. The smallest absolute Gasteiger partial charge is 0.256 e. The second-order valence-corrected chi connectivity index (χ2v) is 4.79. The topological polar surface area (TPSA) is 108 Å². The van der Waals surface area contributed by atoms with Crippen molar-refractivity contribution in [3.63, 3.8) is 0 Å². The monoisotopic (exact) mass is 289 g/mol. The number of hydrogen-bond acceptors (Lipinski definition) is 8. The van der Waals surface area contributed by atoms with Gasteiger partial charge in [0.25, 0.3) is 5.95 Å². The lowest BCUT2D eigenvalue weighted by atomic mass is 10.5. The van der Waals surface area contributed by atoms with Crippen molar-refractivity contribution in [2.45, 2.75) is 17.0 Å². The van der Waals surface area contributed by atoms with E-state index in [0.717, 1.165) is 10.7 Å². The largest absolute Gasteiger partial charge is 0.468 e. The molecule has 0 unspecified atom stereocenters. The number of aromatic nitrogens is 5. The first kappa shape index (κ1) is 12.6. The number of nitrogens with two attached hydrogens (primary N) is 1. The Kier molecular flexibility index (Phi) is 3.35. The molecule has 0 saturated heterocycles. The van der Waals surface area contributed by atoms with Gasteiger partial charge < -0.3 is 4.42 Å². The highest BCUT2D eigenvalue weighted by Crippen LogP contribution is 2.28. The number of hydrogen-bond donors (Lipinski definition) is 2. The van der Waals surface area contributed by atoms with Crippen molar-refractivity contribution in [1.29, 1.82) is 0 Å². The first-order chi connectivity index (χ1) is 9.76. The molecule has 0 aliphatic carbocycles. The number of rotatable bonds is 4. The Balaban J connectivity index is 1.98. The van der Waals surface area contributed by atoms with E-state index in [4.69, 9.17) is 10.3 Å². The summed E-state index contributed by atoms with van der Waals surface area (Å²) >= 11 is 1.37. The summed E-state index contributed by atoms with van der Waals surface area (Å²) in [5.41, 5.74) is 2.42. The molecule has 3 aromatic rings. The van der Waals surface area contributed by atoms with Gasteiger partial charge in [-0.05, 0) is 30.8 Å². The highest BCUT2D eigenvalue weighted by atomic mass is 32.2. The van der Waals surface area contributed by atoms with Gasteiger partial charge in [-0.25, -0.2) is 10.5 Å². The second-order valence-electron chi connectivity index (χ2n) is 3.78. The fraction of sp³-hybridized carbons (Fsp3) is 0.0909. The number of hydrazine groups is 1. The van der Waals surface area contributed by atoms with Crippen LogP contribution in [0.5, 0.6) is 0 Å². The van der Waals surface area contributed by atoms with Crippen molar-refractivity contribution >= 4 is 17.7 Å². The number of nitrogens with one attached hydrogen (secondary N) is 1. The normalized spacial score (nSPS) is 10.7. The average molecular weight is 289 g/mol. The van der Waals surface area contributed by atoms with Gasteiger partial charge in [-0.3, -0.25) is 5.43 Å². The molecule has 0 radical (unpaired) electrons. The van der Waals surface area contributed by atoms with E-state index in [-0.39, 0.29) is 5.95 Å². The molecule has 8 nitrogen and oxygen atoms in total. The van der Waals surface area contributed by atoms with Crippen LogP contribution >= 0.6 is 11.8 Å². The number of nitrogen functional groups attached to an aromatic ring is 1. The Morgan fingerprint density at radius 1 is 1.35 bits per heavy atom. The maximum atomic E-state index is 5.38. The molecule has 3 aromatic heterocycles. The zero-order chi connectivity index (χ0) is 13.9. The van der Waals surface area contributed by atoms with Crippen molar-refractivity contribution in [2.75, 3.05) is 5.43 Å². The molecule has 9 heteroatoms. The van der Waals surface area contributed by atoms with E-state index in [1.807, 2.05) is 13.0 Å². The van der Waals surface area contributed by atoms with Gasteiger partial charge in [0.2, 0.25) is 5.95 Å². The van der Waals surface area contributed by atoms with E-state index in [2.05, 4.69) is 25.5 Å². The summed E-state index contributed by atoms with van der Waals surface area (Å²) in [7, 11) is 0. The minimum atomic E-state index is 0.272. The van der Waals surface area contributed by atoms with Crippen LogP contribution in [-0.4, -0.2) is 24.7 Å². The van der Waals surface area contributed by atoms with Crippen LogP contribution in [0.25, 0.3) is 5.95 Å². The Bertz CT molecular complexity index is 709. The zero-order valence-corrected chi connectivity index (χ0v) is 11.3. The molecular formula is C11H11N7OS. The van der Waals surface area contributed by atoms with Gasteiger partial charge in [0, 0.05) is 12.4 Å². The molecule has 3 rings (SSSR count). The lowest BCUT2D eigenvalue weighted by Gasteiger charge is -2.05. The molecule has 0 aromatic carbocycles. The number of anilines is 1. The van der Waals surface area contributed by atoms with Crippen LogP contribution in [0.2, 0.25) is 0 Å². The molecule has 0 spiro atoms. The molecule has 3 heterocycles. The van der Waals surface area contributed by atoms with Gasteiger partial charge >= 0.3 is 0 Å². The lowest BCUT2D eigenvalue weighted by Crippen LogP contribution is -2.14. The summed E-state index contributed by atoms with van der Waals surface area (Å²) in [6.45, 7) is 1.88. The third-order valence-corrected chi connectivity index (χ3v) is 3.46. The lowest BCUT2D eigenvalue weighted by molar-refractivity contribution is 0.527. The van der Waals surface area contributed by atoms with Crippen LogP contribution in [0.3, 0.4) is 0 Å². The minimum Gasteiger partial charge on any atom is -0.468 e. The van der Waals surface area contributed by atoms with Gasteiger partial charge in [0.05, 0.1) is 11.2 Å². The Morgan fingerprint density at radius 3 is 2.90 bits per heavy atom. The Labute approximate surface area is 118 Å². The molecule has 0 aliphatic heterocycles. The summed E-state index contributed by atoms with van der Waals surface area (Å²) in [6, 6.07) is 3.64. The van der Waals surface area contributed by atoms with Crippen LogP contribution in [0.4, 0.5) is 5.95 Å².